The van der Waals surface area contributed by atoms with Crippen LogP contribution in [0.25, 0.3) is 0 Å². The van der Waals surface area contributed by atoms with Crippen molar-refractivity contribution in [3.05, 3.63) is 10.6 Å². The van der Waals surface area contributed by atoms with Gasteiger partial charge in [-0.25, -0.2) is 4.98 Å². The Balaban J connectivity index is 1.84. The normalized spacial score (nSPS) is 24.2. The maximum absolute atomic E-state index is 4.89. The van der Waals surface area contributed by atoms with Gasteiger partial charge in [-0.2, -0.15) is 0 Å². The van der Waals surface area contributed by atoms with Crippen LogP contribution in [0, 0.1) is 0 Å². The highest BCUT2D eigenvalue weighted by molar-refractivity contribution is 7.15. The van der Waals surface area contributed by atoms with Crippen LogP contribution in [-0.4, -0.2) is 25.1 Å². The molecule has 2 aliphatic rings. The highest BCUT2D eigenvalue weighted by Gasteiger charge is 2.28. The molecule has 0 aliphatic heterocycles. The van der Waals surface area contributed by atoms with Crippen LogP contribution in [-0.2, 0) is 6.42 Å². The van der Waals surface area contributed by atoms with Gasteiger partial charge in [-0.15, -0.1) is 11.3 Å². The minimum absolute atomic E-state index is 0.485. The molecule has 1 heterocycles. The maximum atomic E-state index is 4.89. The number of anilines is 1. The van der Waals surface area contributed by atoms with E-state index in [2.05, 4.69) is 24.3 Å². The van der Waals surface area contributed by atoms with Crippen LogP contribution in [0.15, 0.2) is 0 Å². The molecule has 0 radical (unpaired) electrons. The Bertz CT molecular complexity index is 397. The van der Waals surface area contributed by atoms with E-state index in [1.165, 1.54) is 54.2 Å². The molecule has 2 aliphatic carbocycles. The summed E-state index contributed by atoms with van der Waals surface area (Å²) in [4.78, 5) is 8.80. The second-order valence-electron chi connectivity index (χ2n) is 5.23. The zero-order valence-corrected chi connectivity index (χ0v) is 11.5. The van der Waals surface area contributed by atoms with Gasteiger partial charge in [0.25, 0.3) is 0 Å². The van der Waals surface area contributed by atoms with Gasteiger partial charge >= 0.3 is 0 Å². The van der Waals surface area contributed by atoms with Crippen LogP contribution in [0.5, 0.6) is 0 Å². The standard InChI is InChI=1S/C13H21N3S/c1-14-10-7-4-8-11-12(10)15-13(17-11)16(2)9-5-3-6-9/h9-10,14H,3-8H2,1-2H3. The molecule has 1 saturated carbocycles. The summed E-state index contributed by atoms with van der Waals surface area (Å²) >= 11 is 1.91. The Labute approximate surface area is 107 Å². The quantitative estimate of drug-likeness (QED) is 0.895. The smallest absolute Gasteiger partial charge is 0.185 e. The number of hydrogen-bond acceptors (Lipinski definition) is 4. The van der Waals surface area contributed by atoms with E-state index in [0.717, 1.165) is 6.04 Å². The number of nitrogens with zero attached hydrogens (tertiary/aromatic N) is 2. The zero-order valence-electron chi connectivity index (χ0n) is 10.7. The molecular weight excluding hydrogens is 230 g/mol. The lowest BCUT2D eigenvalue weighted by molar-refractivity contribution is 0.400. The number of aromatic nitrogens is 1. The van der Waals surface area contributed by atoms with Gasteiger partial charge in [-0.3, -0.25) is 0 Å². The molecule has 0 spiro atoms. The van der Waals surface area contributed by atoms with Gasteiger partial charge in [0.1, 0.15) is 0 Å². The molecule has 1 unspecified atom stereocenters. The molecule has 1 atom stereocenters. The second-order valence-corrected chi connectivity index (χ2v) is 6.30. The summed E-state index contributed by atoms with van der Waals surface area (Å²) in [5.74, 6) is 0. The Morgan fingerprint density at radius 2 is 2.12 bits per heavy atom. The van der Waals surface area contributed by atoms with E-state index in [4.69, 9.17) is 4.98 Å². The fourth-order valence-electron chi connectivity index (χ4n) is 2.77. The van der Waals surface area contributed by atoms with Crippen molar-refractivity contribution in [2.24, 2.45) is 0 Å². The summed E-state index contributed by atoms with van der Waals surface area (Å²) in [6, 6.07) is 1.23. The fraction of sp³-hybridized carbons (Fsp3) is 0.769. The first-order valence-electron chi connectivity index (χ1n) is 6.69. The fourth-order valence-corrected chi connectivity index (χ4v) is 3.96. The van der Waals surface area contributed by atoms with E-state index in [0.29, 0.717) is 6.04 Å². The van der Waals surface area contributed by atoms with Crippen LogP contribution < -0.4 is 10.2 Å². The molecule has 1 N–H and O–H groups in total. The average molecular weight is 251 g/mol. The van der Waals surface area contributed by atoms with Crippen molar-refractivity contribution in [1.82, 2.24) is 10.3 Å². The molecule has 3 rings (SSSR count). The predicted octanol–water partition coefficient (Wildman–Crippen LogP) is 2.73. The first-order chi connectivity index (χ1) is 8.29. The average Bonchev–Trinajstić information content (AvgIpc) is 2.69. The lowest BCUT2D eigenvalue weighted by Gasteiger charge is -2.34. The summed E-state index contributed by atoms with van der Waals surface area (Å²) < 4.78 is 0. The van der Waals surface area contributed by atoms with E-state index in [9.17, 15) is 0 Å². The van der Waals surface area contributed by atoms with Crippen molar-refractivity contribution < 1.29 is 0 Å². The third-order valence-electron chi connectivity index (χ3n) is 4.22. The van der Waals surface area contributed by atoms with Crippen LogP contribution in [0.1, 0.15) is 48.7 Å². The molecule has 1 aromatic rings. The molecule has 0 amide bonds. The Morgan fingerprint density at radius 3 is 2.76 bits per heavy atom. The lowest BCUT2D eigenvalue weighted by atomic mass is 9.92. The van der Waals surface area contributed by atoms with Crippen LogP contribution in [0.2, 0.25) is 0 Å². The molecular formula is C13H21N3S. The van der Waals surface area contributed by atoms with Gasteiger partial charge in [0.15, 0.2) is 5.13 Å². The summed E-state index contributed by atoms with van der Waals surface area (Å²) in [6.07, 6.45) is 7.84. The van der Waals surface area contributed by atoms with Crippen LogP contribution >= 0.6 is 11.3 Å². The molecule has 1 fully saturated rings. The molecule has 0 bridgehead atoms. The van der Waals surface area contributed by atoms with Crippen molar-refractivity contribution in [1.29, 1.82) is 0 Å². The van der Waals surface area contributed by atoms with Gasteiger partial charge in [0, 0.05) is 18.0 Å². The van der Waals surface area contributed by atoms with Gasteiger partial charge in [-0.05, 0) is 45.6 Å². The SMILES string of the molecule is CNC1CCCc2sc(N(C)C3CCC3)nc21. The molecule has 17 heavy (non-hydrogen) atoms. The number of aryl methyl sites for hydroxylation is 1. The summed E-state index contributed by atoms with van der Waals surface area (Å²) in [6.45, 7) is 0. The van der Waals surface area contributed by atoms with Crippen LogP contribution in [0.4, 0.5) is 5.13 Å². The Hall–Kier alpha value is -0.610. The Morgan fingerprint density at radius 1 is 1.29 bits per heavy atom. The van der Waals surface area contributed by atoms with Gasteiger partial charge < -0.3 is 10.2 Å². The van der Waals surface area contributed by atoms with Crippen molar-refractivity contribution >= 4 is 16.5 Å². The van der Waals surface area contributed by atoms with Crippen molar-refractivity contribution in [3.8, 4) is 0 Å². The third kappa shape index (κ3) is 1.97. The highest BCUT2D eigenvalue weighted by Crippen LogP contribution is 2.38. The van der Waals surface area contributed by atoms with E-state index >= 15 is 0 Å². The minimum atomic E-state index is 0.485. The molecule has 0 aromatic carbocycles. The highest BCUT2D eigenvalue weighted by atomic mass is 32.1. The monoisotopic (exact) mass is 251 g/mol. The molecule has 94 valence electrons. The molecule has 0 saturated heterocycles. The second kappa shape index (κ2) is 4.58. The number of rotatable bonds is 3. The van der Waals surface area contributed by atoms with Gasteiger partial charge in [0.2, 0.25) is 0 Å². The number of nitrogens with one attached hydrogen (secondary N) is 1. The largest absolute Gasteiger partial charge is 0.348 e. The minimum Gasteiger partial charge on any atom is -0.348 e. The number of fused-ring (bicyclic) bond motifs is 1. The van der Waals surface area contributed by atoms with Crippen molar-refractivity contribution in [2.75, 3.05) is 19.0 Å². The molecule has 3 nitrogen and oxygen atoms in total. The Kier molecular flexibility index (Phi) is 3.09. The van der Waals surface area contributed by atoms with Gasteiger partial charge in [-0.1, -0.05) is 0 Å². The maximum Gasteiger partial charge on any atom is 0.185 e. The topological polar surface area (TPSA) is 28.2 Å². The summed E-state index contributed by atoms with van der Waals surface area (Å²) in [7, 11) is 4.26. The predicted molar refractivity (Wildman–Crippen MR) is 72.9 cm³/mol. The number of hydrogen-bond donors (Lipinski definition) is 1. The summed E-state index contributed by atoms with van der Waals surface area (Å²) in [5.41, 5.74) is 1.32. The van der Waals surface area contributed by atoms with E-state index in [-0.39, 0.29) is 0 Å². The molecule has 1 aromatic heterocycles. The summed E-state index contributed by atoms with van der Waals surface area (Å²) in [5, 5.41) is 4.63. The van der Waals surface area contributed by atoms with Crippen molar-refractivity contribution in [3.63, 3.8) is 0 Å². The van der Waals surface area contributed by atoms with Crippen LogP contribution in [0.3, 0.4) is 0 Å². The number of thiazole rings is 1. The first kappa shape index (κ1) is 11.5. The van der Waals surface area contributed by atoms with E-state index < -0.39 is 0 Å². The lowest BCUT2D eigenvalue weighted by Crippen LogP contribution is -2.37. The zero-order chi connectivity index (χ0) is 11.8. The third-order valence-corrected chi connectivity index (χ3v) is 5.44. The molecule has 4 heteroatoms. The van der Waals surface area contributed by atoms with Crippen molar-refractivity contribution in [2.45, 2.75) is 50.6 Å². The van der Waals surface area contributed by atoms with Gasteiger partial charge in [0.05, 0.1) is 11.7 Å². The van der Waals surface area contributed by atoms with E-state index in [1.54, 1.807) is 0 Å². The van der Waals surface area contributed by atoms with E-state index in [1.807, 2.05) is 11.3 Å². The first-order valence-corrected chi connectivity index (χ1v) is 7.51.